The molecular weight excluding hydrogens is 435 g/mol. The first kappa shape index (κ1) is 23.3. The minimum atomic E-state index is -0.762. The summed E-state index contributed by atoms with van der Waals surface area (Å²) in [6.07, 6.45) is 2.26. The average Bonchev–Trinajstić information content (AvgIpc) is 2.86. The molecule has 1 aliphatic heterocycles. The molecule has 1 unspecified atom stereocenters. The highest BCUT2D eigenvalue weighted by molar-refractivity contribution is 5.98. The zero-order valence-corrected chi connectivity index (χ0v) is 19.2. The number of hydrogen-bond acceptors (Lipinski definition) is 4. The van der Waals surface area contributed by atoms with E-state index in [0.29, 0.717) is 29.0 Å². The second-order valence-electron chi connectivity index (χ2n) is 8.13. The minimum Gasteiger partial charge on any atom is -0.489 e. The normalized spacial score (nSPS) is 15.6. The number of unbranched alkanes of at least 4 members (excludes halogenated alkanes) is 1. The first-order valence-electron chi connectivity index (χ1n) is 11.3. The van der Waals surface area contributed by atoms with Crippen molar-refractivity contribution in [3.05, 3.63) is 88.9 Å². The summed E-state index contributed by atoms with van der Waals surface area (Å²) >= 11 is 0. The van der Waals surface area contributed by atoms with Gasteiger partial charge in [-0.15, -0.1) is 0 Å². The Kier molecular flexibility index (Phi) is 7.11. The van der Waals surface area contributed by atoms with Gasteiger partial charge in [0.25, 0.3) is 0 Å². The third-order valence-corrected chi connectivity index (χ3v) is 5.87. The lowest BCUT2D eigenvalue weighted by Crippen LogP contribution is -2.46. The van der Waals surface area contributed by atoms with Gasteiger partial charge >= 0.3 is 12.0 Å². The largest absolute Gasteiger partial charge is 0.489 e. The van der Waals surface area contributed by atoms with E-state index in [1.807, 2.05) is 43.3 Å². The summed E-state index contributed by atoms with van der Waals surface area (Å²) in [5, 5.41) is 7.50. The van der Waals surface area contributed by atoms with Crippen LogP contribution < -0.4 is 15.4 Å². The number of rotatable bonds is 8. The summed E-state index contributed by atoms with van der Waals surface area (Å²) in [5.41, 5.74) is 2.38. The predicted molar refractivity (Wildman–Crippen MR) is 128 cm³/mol. The molecule has 176 valence electrons. The number of carbonyl (C=O) groups is 2. The van der Waals surface area contributed by atoms with E-state index < -0.39 is 12.0 Å². The Bertz CT molecular complexity index is 1240. The fourth-order valence-electron chi connectivity index (χ4n) is 4.18. The molecule has 1 aliphatic rings. The molecule has 3 aromatic rings. The molecule has 0 spiro atoms. The molecule has 0 saturated carbocycles. The zero-order valence-electron chi connectivity index (χ0n) is 19.2. The molecule has 7 heteroatoms. The van der Waals surface area contributed by atoms with Gasteiger partial charge in [-0.2, -0.15) is 0 Å². The number of urea groups is 1. The molecule has 0 aliphatic carbocycles. The molecule has 4 rings (SSSR count). The molecule has 0 fully saturated rings. The van der Waals surface area contributed by atoms with Crippen LogP contribution >= 0.6 is 0 Å². The molecule has 0 bridgehead atoms. The van der Waals surface area contributed by atoms with Gasteiger partial charge in [-0.3, -0.25) is 0 Å². The minimum absolute atomic E-state index is 0.199. The Morgan fingerprint density at radius 3 is 2.56 bits per heavy atom. The lowest BCUT2D eigenvalue weighted by Gasteiger charge is -2.31. The van der Waals surface area contributed by atoms with Gasteiger partial charge in [-0.25, -0.2) is 14.0 Å². The average molecular weight is 463 g/mol. The highest BCUT2D eigenvalue weighted by atomic mass is 19.1. The number of esters is 1. The number of halogens is 1. The molecule has 1 atom stereocenters. The van der Waals surface area contributed by atoms with Crippen molar-refractivity contribution in [1.29, 1.82) is 0 Å². The molecule has 6 nitrogen and oxygen atoms in total. The molecule has 0 radical (unpaired) electrons. The maximum atomic E-state index is 13.3. The van der Waals surface area contributed by atoms with E-state index >= 15 is 0 Å². The maximum absolute atomic E-state index is 13.3. The Labute approximate surface area is 197 Å². The molecule has 1 heterocycles. The van der Waals surface area contributed by atoms with Crippen molar-refractivity contribution >= 4 is 22.8 Å². The van der Waals surface area contributed by atoms with Crippen molar-refractivity contribution < 1.29 is 23.5 Å². The van der Waals surface area contributed by atoms with Gasteiger partial charge in [-0.1, -0.05) is 55.8 Å². The monoisotopic (exact) mass is 462 g/mol. The number of amides is 2. The summed E-state index contributed by atoms with van der Waals surface area (Å²) in [4.78, 5) is 25.6. The molecule has 34 heavy (non-hydrogen) atoms. The number of methoxy groups -OCH3 is 1. The summed E-state index contributed by atoms with van der Waals surface area (Å²) < 4.78 is 24.6. The topological polar surface area (TPSA) is 76.7 Å². The third-order valence-electron chi connectivity index (χ3n) is 5.87. The van der Waals surface area contributed by atoms with Crippen LogP contribution in [0.2, 0.25) is 0 Å². The summed E-state index contributed by atoms with van der Waals surface area (Å²) in [6, 6.07) is 16.4. The number of fused-ring (bicyclic) bond motifs is 1. The number of ether oxygens (including phenoxy) is 2. The van der Waals surface area contributed by atoms with Crippen LogP contribution in [0, 0.1) is 5.82 Å². The van der Waals surface area contributed by atoms with Crippen LogP contribution in [0.5, 0.6) is 5.75 Å². The number of allylic oxidation sites excluding steroid dienone is 1. The fraction of sp³-hybridized carbons (Fsp3) is 0.259. The molecule has 0 saturated heterocycles. The van der Waals surface area contributed by atoms with Gasteiger partial charge in [0.05, 0.1) is 18.7 Å². The van der Waals surface area contributed by atoms with Crippen molar-refractivity contribution in [3.63, 3.8) is 0 Å². The number of carbonyl (C=O) groups excluding carboxylic acids is 2. The van der Waals surface area contributed by atoms with Crippen LogP contribution in [0.3, 0.4) is 0 Å². The molecular formula is C27H27FN2O4. The van der Waals surface area contributed by atoms with Crippen molar-refractivity contribution in [3.8, 4) is 5.75 Å². The van der Waals surface area contributed by atoms with Gasteiger partial charge in [-0.05, 0) is 47.4 Å². The zero-order chi connectivity index (χ0) is 24.1. The molecule has 2 N–H and O–H groups in total. The van der Waals surface area contributed by atoms with Crippen molar-refractivity contribution in [2.45, 2.75) is 38.8 Å². The van der Waals surface area contributed by atoms with Crippen LogP contribution in [-0.4, -0.2) is 19.1 Å². The Morgan fingerprint density at radius 1 is 1.06 bits per heavy atom. The Hall–Kier alpha value is -3.87. The van der Waals surface area contributed by atoms with Crippen LogP contribution in [0.1, 0.15) is 43.4 Å². The predicted octanol–water partition coefficient (Wildman–Crippen LogP) is 5.53. The van der Waals surface area contributed by atoms with Crippen LogP contribution in [0.15, 0.2) is 71.9 Å². The standard InChI is InChI=1S/C27H27FN2O4/c1-3-4-9-21-24(26(31)33-2)25(30-27(32)29-21)23-20-8-6-5-7-18(20)12-15-22(23)34-16-17-10-13-19(28)14-11-17/h5-8,10-15,25H,3-4,9,16H2,1-2H3,(H2,29,30,32). The smallest absolute Gasteiger partial charge is 0.337 e. The number of hydrogen-bond donors (Lipinski definition) is 2. The summed E-state index contributed by atoms with van der Waals surface area (Å²) in [5.74, 6) is -0.312. The Morgan fingerprint density at radius 2 is 1.82 bits per heavy atom. The Balaban J connectivity index is 1.84. The lowest BCUT2D eigenvalue weighted by atomic mass is 9.89. The molecule has 2 amide bonds. The first-order valence-corrected chi connectivity index (χ1v) is 11.3. The van der Waals surface area contributed by atoms with Crippen LogP contribution in [-0.2, 0) is 16.1 Å². The highest BCUT2D eigenvalue weighted by Crippen LogP contribution is 2.39. The maximum Gasteiger partial charge on any atom is 0.337 e. The summed E-state index contributed by atoms with van der Waals surface area (Å²) in [7, 11) is 1.33. The summed E-state index contributed by atoms with van der Waals surface area (Å²) in [6.45, 7) is 2.25. The molecule has 3 aromatic carbocycles. The lowest BCUT2D eigenvalue weighted by molar-refractivity contribution is -0.136. The third kappa shape index (κ3) is 4.88. The van der Waals surface area contributed by atoms with E-state index in [1.54, 1.807) is 12.1 Å². The van der Waals surface area contributed by atoms with Gasteiger partial charge < -0.3 is 20.1 Å². The second-order valence-corrected chi connectivity index (χ2v) is 8.13. The van der Waals surface area contributed by atoms with Crippen LogP contribution in [0.25, 0.3) is 10.8 Å². The van der Waals surface area contributed by atoms with Crippen LogP contribution in [0.4, 0.5) is 9.18 Å². The van der Waals surface area contributed by atoms with Crippen molar-refractivity contribution in [2.75, 3.05) is 7.11 Å². The highest BCUT2D eigenvalue weighted by Gasteiger charge is 2.35. The second kappa shape index (κ2) is 10.4. The van der Waals surface area contributed by atoms with E-state index in [9.17, 15) is 14.0 Å². The van der Waals surface area contributed by atoms with Gasteiger partial charge in [0.1, 0.15) is 18.2 Å². The van der Waals surface area contributed by atoms with E-state index in [4.69, 9.17) is 9.47 Å². The number of benzene rings is 3. The van der Waals surface area contributed by atoms with Crippen molar-refractivity contribution in [1.82, 2.24) is 10.6 Å². The first-order chi connectivity index (χ1) is 16.5. The van der Waals surface area contributed by atoms with Gasteiger partial charge in [0, 0.05) is 11.3 Å². The number of nitrogens with one attached hydrogen (secondary N) is 2. The van der Waals surface area contributed by atoms with Gasteiger partial charge in [0.2, 0.25) is 0 Å². The van der Waals surface area contributed by atoms with Crippen molar-refractivity contribution in [2.24, 2.45) is 0 Å². The van der Waals surface area contributed by atoms with Gasteiger partial charge in [0.15, 0.2) is 0 Å². The van der Waals surface area contributed by atoms with E-state index in [-0.39, 0.29) is 18.5 Å². The van der Waals surface area contributed by atoms with E-state index in [0.717, 1.165) is 29.2 Å². The van der Waals surface area contributed by atoms with E-state index in [1.165, 1.54) is 19.2 Å². The SMILES string of the molecule is CCCCC1=C(C(=O)OC)C(c2c(OCc3ccc(F)cc3)ccc3ccccc23)NC(=O)N1. The quantitative estimate of drug-likeness (QED) is 0.432. The van der Waals surface area contributed by atoms with E-state index in [2.05, 4.69) is 10.6 Å². The molecule has 0 aromatic heterocycles. The fourth-order valence-corrected chi connectivity index (χ4v) is 4.18.